The van der Waals surface area contributed by atoms with Crippen LogP contribution in [0.1, 0.15) is 0 Å². The molecule has 0 aliphatic heterocycles. The van der Waals surface area contributed by atoms with Crippen LogP contribution in [0.2, 0.25) is 0 Å². The molecule has 0 aliphatic carbocycles. The minimum Gasteiger partial charge on any atom is -0.756 e. The molecule has 0 rings (SSSR count). The Morgan fingerprint density at radius 1 is 1.54 bits per heavy atom. The summed E-state index contributed by atoms with van der Waals surface area (Å²) in [6, 6.07) is 0. The van der Waals surface area contributed by atoms with Crippen molar-refractivity contribution >= 4 is 20.2 Å². The molecule has 2 N–H and O–H groups in total. The predicted octanol–water partition coefficient (Wildman–Crippen LogP) is -3.40. The number of likely N-dealkylation sites (N-methyl/N-ethyl adjacent to an activating group) is 1. The van der Waals surface area contributed by atoms with Gasteiger partial charge in [-0.3, -0.25) is 4.57 Å². The molecule has 0 atom stereocenters. The third kappa shape index (κ3) is 96.0. The number of halogens is 1. The first-order valence-electron chi connectivity index (χ1n) is 2.79. The fourth-order valence-electron chi connectivity index (χ4n) is 0.258. The Morgan fingerprint density at radius 2 is 1.77 bits per heavy atom. The van der Waals surface area contributed by atoms with Crippen LogP contribution in [0.4, 0.5) is 0 Å². The maximum Gasteiger partial charge on any atom is 1.00 e. The van der Waals surface area contributed by atoms with Gasteiger partial charge >= 0.3 is 29.6 Å². The van der Waals surface area contributed by atoms with Crippen molar-refractivity contribution in [3.05, 3.63) is 12.7 Å². The van der Waals surface area contributed by atoms with Crippen LogP contribution in [0, 0.1) is 0 Å². The first kappa shape index (κ1) is 23.7. The maximum atomic E-state index is 8.77. The Hall–Kier alpha value is 1.10. The summed E-state index contributed by atoms with van der Waals surface area (Å²) in [7, 11) is -0.858. The minimum atomic E-state index is -4.89. The van der Waals surface area contributed by atoms with Gasteiger partial charge in [-0.05, 0) is 14.1 Å². The molecule has 0 fully saturated rings. The minimum absolute atomic E-state index is 0. The number of hydrogen-bond donors (Lipinski definition) is 2. The van der Waals surface area contributed by atoms with Crippen molar-refractivity contribution in [2.75, 3.05) is 20.6 Å². The zero-order valence-corrected chi connectivity index (χ0v) is 11.7. The number of rotatable bonds is 2. The average Bonchev–Trinajstić information content (AvgIpc) is 1.58. The van der Waals surface area contributed by atoms with Gasteiger partial charge in [0.05, 0.1) is 0 Å². The fourth-order valence-corrected chi connectivity index (χ4v) is 0.258. The third-order valence-corrected chi connectivity index (χ3v) is 0.494. The predicted molar refractivity (Wildman–Crippen MR) is 48.0 cm³/mol. The summed E-state index contributed by atoms with van der Waals surface area (Å²) in [6.45, 7) is 4.53. The van der Waals surface area contributed by atoms with Gasteiger partial charge in [0.2, 0.25) is 0 Å². The molecule has 8 heteroatoms. The first-order chi connectivity index (χ1) is 4.77. The Labute approximate surface area is 107 Å². The first-order valence-corrected chi connectivity index (χ1v) is 4.32. The molecule has 0 bridgehead atoms. The smallest absolute Gasteiger partial charge is 0.756 e. The van der Waals surface area contributed by atoms with E-state index in [0.29, 0.717) is 0 Å². The molecule has 0 saturated carbocycles. The Morgan fingerprint density at radius 3 is 1.77 bits per heavy atom. The Bertz CT molecular complexity index is 143. The average molecular weight is 242 g/mol. The molecule has 5 nitrogen and oxygen atoms in total. The van der Waals surface area contributed by atoms with E-state index < -0.39 is 7.82 Å². The van der Waals surface area contributed by atoms with Gasteiger partial charge in [0, 0.05) is 6.54 Å². The van der Waals surface area contributed by atoms with Gasteiger partial charge in [0.15, 0.2) is 0 Å². The van der Waals surface area contributed by atoms with Crippen LogP contribution in [0.15, 0.2) is 12.7 Å². The Balaban J connectivity index is -0.0000000546. The van der Waals surface area contributed by atoms with Crippen LogP contribution < -0.4 is 34.5 Å². The fraction of sp³-hybridized carbons (Fsp3) is 0.600. The quantitative estimate of drug-likeness (QED) is 0.299. The zero-order chi connectivity index (χ0) is 9.49. The maximum absolute atomic E-state index is 8.77. The molecular formula is C5H14ClNNaO4P. The van der Waals surface area contributed by atoms with E-state index >= 15 is 0 Å². The van der Waals surface area contributed by atoms with Crippen LogP contribution in [0.5, 0.6) is 0 Å². The van der Waals surface area contributed by atoms with E-state index in [9.17, 15) is 0 Å². The summed E-state index contributed by atoms with van der Waals surface area (Å²) in [5.74, 6) is 0. The largest absolute Gasteiger partial charge is 1.00 e. The van der Waals surface area contributed by atoms with Gasteiger partial charge in [-0.2, -0.15) is 0 Å². The summed E-state index contributed by atoms with van der Waals surface area (Å²) >= 11 is 0. The molecule has 0 aromatic heterocycles. The molecule has 0 aromatic carbocycles. The molecule has 0 radical (unpaired) electrons. The van der Waals surface area contributed by atoms with Crippen molar-refractivity contribution in [1.29, 1.82) is 0 Å². The second kappa shape index (κ2) is 13.1. The summed E-state index contributed by atoms with van der Waals surface area (Å²) < 4.78 is 8.77. The molecule has 0 aromatic rings. The molecule has 0 aliphatic rings. The van der Waals surface area contributed by atoms with Gasteiger partial charge in [-0.15, -0.1) is 19.0 Å². The number of phosphoric acid groups is 1. The monoisotopic (exact) mass is 241 g/mol. The van der Waals surface area contributed by atoms with Gasteiger partial charge < -0.3 is 19.6 Å². The van der Waals surface area contributed by atoms with Crippen LogP contribution >= 0.6 is 20.2 Å². The van der Waals surface area contributed by atoms with E-state index in [2.05, 4.69) is 11.5 Å². The van der Waals surface area contributed by atoms with Crippen molar-refractivity contribution < 1.29 is 48.8 Å². The second-order valence-electron chi connectivity index (χ2n) is 2.04. The van der Waals surface area contributed by atoms with Crippen LogP contribution in [-0.4, -0.2) is 35.3 Å². The normalized spacial score (nSPS) is 8.77. The number of hydrogen-bond acceptors (Lipinski definition) is 3. The number of nitrogens with zero attached hydrogens (tertiary/aromatic N) is 1. The van der Waals surface area contributed by atoms with E-state index in [1.54, 1.807) is 0 Å². The second-order valence-corrected chi connectivity index (χ2v) is 3.02. The molecule has 0 unspecified atom stereocenters. The molecule has 76 valence electrons. The zero-order valence-electron chi connectivity index (χ0n) is 8.01. The molecule has 13 heavy (non-hydrogen) atoms. The summed E-state index contributed by atoms with van der Waals surface area (Å²) in [5.41, 5.74) is 0. The van der Waals surface area contributed by atoms with Crippen LogP contribution in [0.25, 0.3) is 0 Å². The van der Waals surface area contributed by atoms with E-state index in [1.807, 2.05) is 20.2 Å². The Kier molecular flexibility index (Phi) is 23.9. The van der Waals surface area contributed by atoms with Crippen molar-refractivity contribution in [3.8, 4) is 0 Å². The molecule has 0 saturated heterocycles. The topological polar surface area (TPSA) is 83.8 Å². The van der Waals surface area contributed by atoms with E-state index in [4.69, 9.17) is 19.2 Å². The van der Waals surface area contributed by atoms with Crippen LogP contribution in [-0.2, 0) is 4.57 Å². The van der Waals surface area contributed by atoms with E-state index in [0.717, 1.165) is 6.54 Å². The van der Waals surface area contributed by atoms with Gasteiger partial charge in [-0.25, -0.2) is 0 Å². The molecule has 0 spiro atoms. The van der Waals surface area contributed by atoms with Gasteiger partial charge in [-0.1, -0.05) is 6.08 Å². The SMILES string of the molecule is C=CCN(C)C.Cl.O=P([O-])(O)O.[Na+]. The van der Waals surface area contributed by atoms with E-state index in [1.165, 1.54) is 0 Å². The van der Waals surface area contributed by atoms with Crippen molar-refractivity contribution in [2.45, 2.75) is 0 Å². The van der Waals surface area contributed by atoms with E-state index in [-0.39, 0.29) is 42.0 Å². The van der Waals surface area contributed by atoms with Crippen molar-refractivity contribution in [1.82, 2.24) is 4.90 Å². The molecule has 0 amide bonds. The third-order valence-electron chi connectivity index (χ3n) is 0.494. The summed E-state index contributed by atoms with van der Waals surface area (Å²) in [5, 5.41) is 0. The van der Waals surface area contributed by atoms with Gasteiger partial charge in [0.1, 0.15) is 0 Å². The van der Waals surface area contributed by atoms with Crippen molar-refractivity contribution in [2.24, 2.45) is 0 Å². The molecule has 0 heterocycles. The summed E-state index contributed by atoms with van der Waals surface area (Å²) in [4.78, 5) is 25.0. The van der Waals surface area contributed by atoms with Crippen LogP contribution in [0.3, 0.4) is 0 Å². The van der Waals surface area contributed by atoms with Crippen molar-refractivity contribution in [3.63, 3.8) is 0 Å². The standard InChI is InChI=1S/C5H11N.ClH.Na.H3O4P/c1-4-5-6(2)3;;;1-5(2,3)4/h4H,1,5H2,2-3H3;1H;;(H3,1,2,3,4)/q;;+1;/p-1. The molecular weight excluding hydrogens is 227 g/mol. The summed E-state index contributed by atoms with van der Waals surface area (Å²) in [6.07, 6.45) is 1.88. The van der Waals surface area contributed by atoms with Gasteiger partial charge in [0.25, 0.3) is 7.82 Å².